The standard InChI is InChI=1S/C14H25N3O3/c1-10-4-7-17(11(10)12(18)19)13(20)14(2,3)16-8-5-15-6-9-16/h10-11,15H,4-9H2,1-3H3,(H,18,19). The van der Waals surface area contributed by atoms with Gasteiger partial charge in [0.1, 0.15) is 6.04 Å². The molecule has 2 heterocycles. The van der Waals surface area contributed by atoms with Crippen LogP contribution in [0.4, 0.5) is 0 Å². The number of carbonyl (C=O) groups excluding carboxylic acids is 1. The maximum Gasteiger partial charge on any atom is 0.326 e. The minimum atomic E-state index is -0.889. The van der Waals surface area contributed by atoms with Crippen molar-refractivity contribution in [2.45, 2.75) is 38.8 Å². The van der Waals surface area contributed by atoms with Crippen LogP contribution in [0.15, 0.2) is 0 Å². The van der Waals surface area contributed by atoms with Crippen molar-refractivity contribution in [2.75, 3.05) is 32.7 Å². The third kappa shape index (κ3) is 2.67. The number of nitrogens with one attached hydrogen (secondary N) is 1. The largest absolute Gasteiger partial charge is 0.480 e. The number of likely N-dealkylation sites (tertiary alicyclic amines) is 1. The Morgan fingerprint density at radius 3 is 2.35 bits per heavy atom. The van der Waals surface area contributed by atoms with Crippen LogP contribution in [-0.4, -0.2) is 71.1 Å². The van der Waals surface area contributed by atoms with Crippen molar-refractivity contribution in [3.05, 3.63) is 0 Å². The van der Waals surface area contributed by atoms with Crippen molar-refractivity contribution in [2.24, 2.45) is 5.92 Å². The van der Waals surface area contributed by atoms with Crippen molar-refractivity contribution in [3.63, 3.8) is 0 Å². The Bertz CT molecular complexity index is 391. The summed E-state index contributed by atoms with van der Waals surface area (Å²) in [5.74, 6) is -0.925. The van der Waals surface area contributed by atoms with Gasteiger partial charge in [0.2, 0.25) is 5.91 Å². The third-order valence-electron chi connectivity index (χ3n) is 4.64. The molecule has 2 N–H and O–H groups in total. The van der Waals surface area contributed by atoms with Gasteiger partial charge in [0.05, 0.1) is 5.54 Å². The lowest BCUT2D eigenvalue weighted by Crippen LogP contribution is -2.62. The molecule has 0 bridgehead atoms. The number of carboxylic acids is 1. The summed E-state index contributed by atoms with van der Waals surface area (Å²) in [6.07, 6.45) is 0.764. The first-order chi connectivity index (χ1) is 9.35. The molecule has 0 aromatic heterocycles. The van der Waals surface area contributed by atoms with Gasteiger partial charge in [-0.05, 0) is 26.2 Å². The first-order valence-electron chi connectivity index (χ1n) is 7.35. The highest BCUT2D eigenvalue weighted by atomic mass is 16.4. The summed E-state index contributed by atoms with van der Waals surface area (Å²) >= 11 is 0. The zero-order chi connectivity index (χ0) is 14.9. The summed E-state index contributed by atoms with van der Waals surface area (Å²) in [7, 11) is 0. The van der Waals surface area contributed by atoms with Gasteiger partial charge in [0.15, 0.2) is 0 Å². The van der Waals surface area contributed by atoms with Gasteiger partial charge in [-0.3, -0.25) is 9.69 Å². The Labute approximate surface area is 120 Å². The average molecular weight is 283 g/mol. The molecule has 1 amide bonds. The van der Waals surface area contributed by atoms with E-state index in [9.17, 15) is 14.7 Å². The van der Waals surface area contributed by atoms with E-state index in [1.807, 2.05) is 20.8 Å². The number of hydrogen-bond acceptors (Lipinski definition) is 4. The average Bonchev–Trinajstić information content (AvgIpc) is 2.80. The van der Waals surface area contributed by atoms with Crippen LogP contribution in [-0.2, 0) is 9.59 Å². The van der Waals surface area contributed by atoms with Crippen molar-refractivity contribution >= 4 is 11.9 Å². The van der Waals surface area contributed by atoms with Crippen LogP contribution in [0.25, 0.3) is 0 Å². The Morgan fingerprint density at radius 2 is 1.80 bits per heavy atom. The van der Waals surface area contributed by atoms with Crippen LogP contribution in [0.1, 0.15) is 27.2 Å². The molecule has 20 heavy (non-hydrogen) atoms. The van der Waals surface area contributed by atoms with Crippen LogP contribution < -0.4 is 5.32 Å². The minimum Gasteiger partial charge on any atom is -0.480 e. The van der Waals surface area contributed by atoms with E-state index < -0.39 is 17.6 Å². The van der Waals surface area contributed by atoms with E-state index in [1.54, 1.807) is 4.90 Å². The van der Waals surface area contributed by atoms with Crippen LogP contribution in [0.5, 0.6) is 0 Å². The molecule has 2 aliphatic heterocycles. The quantitative estimate of drug-likeness (QED) is 0.762. The molecule has 0 aromatic rings. The van der Waals surface area contributed by atoms with Gasteiger partial charge in [-0.2, -0.15) is 0 Å². The fourth-order valence-corrected chi connectivity index (χ4v) is 3.26. The van der Waals surface area contributed by atoms with Crippen molar-refractivity contribution in [1.82, 2.24) is 15.1 Å². The van der Waals surface area contributed by atoms with Gasteiger partial charge in [0, 0.05) is 32.7 Å². The van der Waals surface area contributed by atoms with Gasteiger partial charge < -0.3 is 15.3 Å². The number of piperazine rings is 1. The van der Waals surface area contributed by atoms with E-state index in [4.69, 9.17) is 0 Å². The van der Waals surface area contributed by atoms with E-state index in [-0.39, 0.29) is 11.8 Å². The minimum absolute atomic E-state index is 0.0234. The molecule has 0 saturated carbocycles. The van der Waals surface area contributed by atoms with Crippen LogP contribution in [0.2, 0.25) is 0 Å². The fraction of sp³-hybridized carbons (Fsp3) is 0.857. The predicted octanol–water partition coefficient (Wildman–Crippen LogP) is -0.00820. The number of aliphatic carboxylic acids is 1. The molecule has 2 aliphatic rings. The normalized spacial score (nSPS) is 28.6. The van der Waals surface area contributed by atoms with E-state index in [0.717, 1.165) is 32.6 Å². The van der Waals surface area contributed by atoms with Gasteiger partial charge >= 0.3 is 5.97 Å². The topological polar surface area (TPSA) is 72.9 Å². The fourth-order valence-electron chi connectivity index (χ4n) is 3.26. The zero-order valence-corrected chi connectivity index (χ0v) is 12.6. The molecule has 0 radical (unpaired) electrons. The maximum atomic E-state index is 12.8. The lowest BCUT2D eigenvalue weighted by molar-refractivity contribution is -0.154. The lowest BCUT2D eigenvalue weighted by atomic mass is 9.97. The molecule has 114 valence electrons. The highest BCUT2D eigenvalue weighted by Crippen LogP contribution is 2.28. The Balaban J connectivity index is 2.14. The number of carboxylic acid groups (broad SMARTS) is 1. The second-order valence-corrected chi connectivity index (χ2v) is 6.34. The first kappa shape index (κ1) is 15.3. The van der Waals surface area contributed by atoms with E-state index in [0.29, 0.717) is 6.54 Å². The highest BCUT2D eigenvalue weighted by Gasteiger charge is 2.46. The SMILES string of the molecule is CC1CCN(C(=O)C(C)(C)N2CCNCC2)C1C(=O)O. The molecule has 2 rings (SSSR count). The highest BCUT2D eigenvalue weighted by molar-refractivity contribution is 5.90. The summed E-state index contributed by atoms with van der Waals surface area (Å²) in [6, 6.07) is -0.676. The molecular weight excluding hydrogens is 258 g/mol. The van der Waals surface area contributed by atoms with E-state index in [1.165, 1.54) is 0 Å². The van der Waals surface area contributed by atoms with Gasteiger partial charge in [0.25, 0.3) is 0 Å². The van der Waals surface area contributed by atoms with Gasteiger partial charge in [-0.1, -0.05) is 6.92 Å². The van der Waals surface area contributed by atoms with E-state index in [2.05, 4.69) is 10.2 Å². The number of nitrogens with zero attached hydrogens (tertiary/aromatic N) is 2. The number of carbonyl (C=O) groups is 2. The zero-order valence-electron chi connectivity index (χ0n) is 12.6. The Hall–Kier alpha value is -1.14. The van der Waals surface area contributed by atoms with Crippen LogP contribution in [0, 0.1) is 5.92 Å². The van der Waals surface area contributed by atoms with Crippen LogP contribution in [0.3, 0.4) is 0 Å². The predicted molar refractivity (Wildman–Crippen MR) is 75.4 cm³/mol. The van der Waals surface area contributed by atoms with Crippen molar-refractivity contribution in [1.29, 1.82) is 0 Å². The Kier molecular flexibility index (Phi) is 4.34. The number of hydrogen-bond donors (Lipinski definition) is 2. The number of amides is 1. The maximum absolute atomic E-state index is 12.8. The second-order valence-electron chi connectivity index (χ2n) is 6.34. The molecule has 6 heteroatoms. The molecule has 2 fully saturated rings. The van der Waals surface area contributed by atoms with Gasteiger partial charge in [-0.15, -0.1) is 0 Å². The van der Waals surface area contributed by atoms with Gasteiger partial charge in [-0.25, -0.2) is 4.79 Å². The first-order valence-corrected chi connectivity index (χ1v) is 7.35. The molecule has 6 nitrogen and oxygen atoms in total. The smallest absolute Gasteiger partial charge is 0.326 e. The van der Waals surface area contributed by atoms with Crippen LogP contribution >= 0.6 is 0 Å². The molecule has 2 unspecified atom stereocenters. The monoisotopic (exact) mass is 283 g/mol. The van der Waals surface area contributed by atoms with E-state index >= 15 is 0 Å². The third-order valence-corrected chi connectivity index (χ3v) is 4.64. The molecule has 2 saturated heterocycles. The summed E-state index contributed by atoms with van der Waals surface area (Å²) in [5.41, 5.74) is -0.639. The molecule has 0 spiro atoms. The summed E-state index contributed by atoms with van der Waals surface area (Å²) in [6.45, 7) is 9.64. The lowest BCUT2D eigenvalue weighted by Gasteiger charge is -2.42. The molecule has 0 aliphatic carbocycles. The number of rotatable bonds is 3. The van der Waals surface area contributed by atoms with Crippen molar-refractivity contribution in [3.8, 4) is 0 Å². The molecule has 2 atom stereocenters. The summed E-state index contributed by atoms with van der Waals surface area (Å²) in [5, 5.41) is 12.6. The Morgan fingerprint density at radius 1 is 1.20 bits per heavy atom. The summed E-state index contributed by atoms with van der Waals surface area (Å²) in [4.78, 5) is 28.0. The molecular formula is C14H25N3O3. The molecule has 0 aromatic carbocycles. The summed E-state index contributed by atoms with van der Waals surface area (Å²) < 4.78 is 0. The second kappa shape index (κ2) is 5.69. The van der Waals surface area contributed by atoms with Crippen molar-refractivity contribution < 1.29 is 14.7 Å².